The van der Waals surface area contributed by atoms with Crippen LogP contribution >= 0.6 is 0 Å². The lowest BCUT2D eigenvalue weighted by Gasteiger charge is -2.72. The number of carbonyl (C=O) groups is 1. The summed E-state index contributed by atoms with van der Waals surface area (Å²) in [5.74, 6) is -0.442. The van der Waals surface area contributed by atoms with Crippen molar-refractivity contribution >= 4 is 11.7 Å². The molecule has 5 aliphatic carbocycles. The first-order valence-corrected chi connectivity index (χ1v) is 27.7. The Kier molecular flexibility index (Phi) is 16.7. The average Bonchev–Trinajstić information content (AvgIpc) is 3.38. The highest BCUT2D eigenvalue weighted by Crippen LogP contribution is 2.76. The molecule has 3 saturated heterocycles. The molecule has 77 heavy (non-hydrogen) atoms. The Balaban J connectivity index is 0.883. The minimum Gasteiger partial charge on any atom is -0.458 e. The quantitative estimate of drug-likeness (QED) is 0.0725. The van der Waals surface area contributed by atoms with Gasteiger partial charge in [-0.2, -0.15) is 0 Å². The van der Waals surface area contributed by atoms with Crippen LogP contribution in [-0.4, -0.2) is 211 Å². The molecule has 0 aromatic heterocycles. The Bertz CT molecular complexity index is 2290. The number of ether oxygens (including phenoxy) is 7. The highest BCUT2D eigenvalue weighted by molar-refractivity contribution is 5.95. The molecule has 25 atom stereocenters. The van der Waals surface area contributed by atoms with Crippen molar-refractivity contribution in [3.05, 3.63) is 41.5 Å². The molecule has 8 aliphatic rings. The molecule has 0 radical (unpaired) electrons. The summed E-state index contributed by atoms with van der Waals surface area (Å²) in [6, 6.07) is 7.17. The maximum atomic E-state index is 14.0. The molecule has 3 aliphatic heterocycles. The largest absolute Gasteiger partial charge is 0.458 e. The van der Waals surface area contributed by atoms with Gasteiger partial charge in [0.05, 0.1) is 49.6 Å². The summed E-state index contributed by atoms with van der Waals surface area (Å²) in [6.45, 7) is 13.6. The van der Waals surface area contributed by atoms with E-state index in [0.29, 0.717) is 36.9 Å². The predicted molar refractivity (Wildman–Crippen MR) is 272 cm³/mol. The van der Waals surface area contributed by atoms with E-state index >= 15 is 0 Å². The van der Waals surface area contributed by atoms with Crippen LogP contribution in [0.2, 0.25) is 0 Å². The third kappa shape index (κ3) is 9.73. The fraction of sp³-hybridized carbons (Fsp3) is 0.839. The van der Waals surface area contributed by atoms with Crippen molar-refractivity contribution in [1.29, 1.82) is 0 Å². The number of para-hydroxylation sites is 1. The summed E-state index contributed by atoms with van der Waals surface area (Å²) in [5, 5.41) is 134. The Labute approximate surface area is 450 Å². The molecule has 13 N–H and O–H groups in total. The van der Waals surface area contributed by atoms with E-state index in [4.69, 9.17) is 33.2 Å². The molecule has 7 fully saturated rings. The topological polar surface area (TPSA) is 336 Å². The van der Waals surface area contributed by atoms with Gasteiger partial charge in [0.1, 0.15) is 79.4 Å². The zero-order valence-electron chi connectivity index (χ0n) is 45.6. The van der Waals surface area contributed by atoms with E-state index in [-0.39, 0.29) is 40.6 Å². The predicted octanol–water partition coefficient (Wildman–Crippen LogP) is 0.462. The van der Waals surface area contributed by atoms with Gasteiger partial charge >= 0.3 is 5.97 Å². The van der Waals surface area contributed by atoms with Crippen LogP contribution in [0.3, 0.4) is 0 Å². The van der Waals surface area contributed by atoms with E-state index in [1.54, 1.807) is 19.2 Å². The number of fused-ring (bicyclic) bond motifs is 7. The summed E-state index contributed by atoms with van der Waals surface area (Å²) < 4.78 is 41.8. The molecule has 1 unspecified atom stereocenters. The van der Waals surface area contributed by atoms with Crippen molar-refractivity contribution in [2.24, 2.45) is 50.2 Å². The van der Waals surface area contributed by atoms with Gasteiger partial charge in [0.2, 0.25) is 0 Å². The smallest absolute Gasteiger partial charge is 0.340 e. The first kappa shape index (κ1) is 59.1. The second kappa shape index (κ2) is 21.7. The van der Waals surface area contributed by atoms with Crippen molar-refractivity contribution in [2.75, 3.05) is 38.8 Å². The third-order valence-corrected chi connectivity index (χ3v) is 21.1. The van der Waals surface area contributed by atoms with Gasteiger partial charge in [-0.15, -0.1) is 0 Å². The van der Waals surface area contributed by atoms with Crippen molar-refractivity contribution in [1.82, 2.24) is 0 Å². The first-order valence-electron chi connectivity index (χ1n) is 27.7. The van der Waals surface area contributed by atoms with Crippen LogP contribution in [0.25, 0.3) is 0 Å². The lowest BCUT2D eigenvalue weighted by Crippen LogP contribution is -2.69. The molecular weight excluding hydrogens is 1010 g/mol. The van der Waals surface area contributed by atoms with Gasteiger partial charge in [-0.3, -0.25) is 0 Å². The zero-order valence-corrected chi connectivity index (χ0v) is 45.6. The third-order valence-electron chi connectivity index (χ3n) is 21.1. The summed E-state index contributed by atoms with van der Waals surface area (Å²) >= 11 is 0. The standard InChI is InChI=1S/C56H87NO20/c1-51(2)19-28-27-13-14-34-53(5)17-16-36(52(3,4)33(53)15-18-54(34,6)55(27,7)20-35(60)56(28,25-59)37(21-51)76-47(70)26-11-9-10-12-29(26)57-8)77-50-46(69)43(66)40(63)32(75-50)24-72-49-45(68)42(65)39(62)31(74-49)23-71-48-44(67)41(64)38(61)30(22-58)73-48/h9-13,28,30-46,48-50,57-69H,14-25H2,1-8H3/t28?,30-,31-,32-,33+,34-,35+,36+,37+,38-,39-,40-,41+,42+,43+,44-,45-,46-,48-,49-,50+,53+,54-,55-,56+/m1/s1. The van der Waals surface area contributed by atoms with Gasteiger partial charge in [-0.25, -0.2) is 4.79 Å². The lowest BCUT2D eigenvalue weighted by molar-refractivity contribution is -0.350. The van der Waals surface area contributed by atoms with E-state index < -0.39 is 152 Å². The molecule has 1 aromatic carbocycles. The van der Waals surface area contributed by atoms with Gasteiger partial charge in [0, 0.05) is 12.7 Å². The van der Waals surface area contributed by atoms with Crippen LogP contribution in [0, 0.1) is 50.2 Å². The number of benzene rings is 1. The fourth-order valence-electron chi connectivity index (χ4n) is 16.4. The second-order valence-corrected chi connectivity index (χ2v) is 26.0. The molecule has 436 valence electrons. The number of hydrogen-bond acceptors (Lipinski definition) is 21. The number of carbonyl (C=O) groups excluding carboxylic acids is 1. The summed E-state index contributed by atoms with van der Waals surface area (Å²) in [5.41, 5.74) is -0.570. The van der Waals surface area contributed by atoms with Crippen molar-refractivity contribution < 1.29 is 99.2 Å². The van der Waals surface area contributed by atoms with Crippen LogP contribution in [0.4, 0.5) is 5.69 Å². The number of esters is 1. The Hall–Kier alpha value is -2.49. The number of aliphatic hydroxyl groups is 12. The van der Waals surface area contributed by atoms with Crippen LogP contribution in [-0.2, 0) is 33.2 Å². The van der Waals surface area contributed by atoms with Gasteiger partial charge in [0.25, 0.3) is 0 Å². The molecule has 9 rings (SSSR count). The van der Waals surface area contributed by atoms with E-state index in [1.165, 1.54) is 5.57 Å². The van der Waals surface area contributed by atoms with Crippen molar-refractivity contribution in [3.63, 3.8) is 0 Å². The van der Waals surface area contributed by atoms with Crippen LogP contribution < -0.4 is 5.32 Å². The molecular formula is C56H87NO20. The highest BCUT2D eigenvalue weighted by Gasteiger charge is 2.72. The molecule has 21 heteroatoms. The van der Waals surface area contributed by atoms with Crippen LogP contribution in [0.15, 0.2) is 35.9 Å². The number of allylic oxidation sites excluding steroid dienone is 2. The van der Waals surface area contributed by atoms with Crippen LogP contribution in [0.5, 0.6) is 0 Å². The van der Waals surface area contributed by atoms with Gasteiger partial charge in [-0.05, 0) is 108 Å². The molecule has 3 heterocycles. The van der Waals surface area contributed by atoms with E-state index in [1.807, 2.05) is 12.1 Å². The normalized spacial score (nSPS) is 49.2. The Morgan fingerprint density at radius 1 is 0.649 bits per heavy atom. The molecule has 0 bridgehead atoms. The van der Waals surface area contributed by atoms with Crippen LogP contribution in [0.1, 0.15) is 110 Å². The number of aliphatic hydroxyl groups excluding tert-OH is 12. The average molecular weight is 1090 g/mol. The first-order chi connectivity index (χ1) is 36.1. The summed E-state index contributed by atoms with van der Waals surface area (Å²) in [7, 11) is 1.75. The molecule has 0 amide bonds. The Morgan fingerprint density at radius 3 is 1.79 bits per heavy atom. The minimum absolute atomic E-state index is 0.119. The zero-order chi connectivity index (χ0) is 56.1. The van der Waals surface area contributed by atoms with Crippen molar-refractivity contribution in [2.45, 2.75) is 210 Å². The van der Waals surface area contributed by atoms with Gasteiger partial charge in [0.15, 0.2) is 18.9 Å². The molecule has 21 nitrogen and oxygen atoms in total. The second-order valence-electron chi connectivity index (χ2n) is 26.0. The van der Waals surface area contributed by atoms with E-state index in [2.05, 4.69) is 59.9 Å². The number of nitrogens with one attached hydrogen (secondary N) is 1. The molecule has 4 saturated carbocycles. The van der Waals surface area contributed by atoms with Gasteiger partial charge in [-0.1, -0.05) is 72.2 Å². The highest BCUT2D eigenvalue weighted by atomic mass is 16.7. The number of rotatable bonds is 13. The lowest BCUT2D eigenvalue weighted by atomic mass is 9.33. The number of hydrogen-bond donors (Lipinski definition) is 13. The fourth-order valence-corrected chi connectivity index (χ4v) is 16.4. The minimum atomic E-state index is -1.84. The molecule has 0 spiro atoms. The maximum absolute atomic E-state index is 14.0. The Morgan fingerprint density at radius 2 is 1.21 bits per heavy atom. The van der Waals surface area contributed by atoms with E-state index in [9.17, 15) is 66.1 Å². The number of anilines is 1. The summed E-state index contributed by atoms with van der Waals surface area (Å²) in [6.07, 6.45) is -18.8. The van der Waals surface area contributed by atoms with E-state index in [0.717, 1.165) is 25.7 Å². The molecule has 1 aromatic rings. The van der Waals surface area contributed by atoms with Crippen molar-refractivity contribution in [3.8, 4) is 0 Å². The monoisotopic (exact) mass is 1090 g/mol. The SMILES string of the molecule is CNc1ccccc1C(=O)O[C@H]1CC(C)(C)CC2C3=CC[C@@H]4[C@@]5(C)CC[C@H](O[C@@H]6O[C@H](CO[C@@H]7O[C@H](CO[C@@H]8O[C@H](CO)[C@@H](O)[C@H](O)[C@H]8O)[C@@H](O)[C@H](O)[C@H]7O)[C@@H](O)[C@H](O)[C@H]6O)C(C)(C)[C@@H]5CC[C@@]4(C)[C@]3(C)C[C@H](O)[C@]21CO. The summed E-state index contributed by atoms with van der Waals surface area (Å²) in [4.78, 5) is 14.0. The van der Waals surface area contributed by atoms with Gasteiger partial charge < -0.3 is 99.8 Å². The maximum Gasteiger partial charge on any atom is 0.340 e.